The quantitative estimate of drug-likeness (QED) is 0.207. The molecule has 0 aromatic heterocycles. The molecular formula is C26H42O9. The van der Waals surface area contributed by atoms with Gasteiger partial charge in [0.05, 0.1) is 30.5 Å². The lowest BCUT2D eigenvalue weighted by molar-refractivity contribution is -0.331. The van der Waals surface area contributed by atoms with Crippen LogP contribution < -0.4 is 0 Å². The molecule has 0 amide bonds. The zero-order chi connectivity index (χ0) is 25.7. The molecular weight excluding hydrogens is 456 g/mol. The van der Waals surface area contributed by atoms with E-state index in [-0.39, 0.29) is 29.8 Å². The highest BCUT2D eigenvalue weighted by Crippen LogP contribution is 2.73. The number of fused-ring (bicyclic) bond motifs is 3. The van der Waals surface area contributed by atoms with E-state index in [1.54, 1.807) is 0 Å². The third-order valence-electron chi connectivity index (χ3n) is 10.9. The van der Waals surface area contributed by atoms with E-state index in [1.165, 1.54) is 0 Å². The van der Waals surface area contributed by atoms with Crippen molar-refractivity contribution in [3.05, 3.63) is 12.2 Å². The second-order valence-corrected chi connectivity index (χ2v) is 12.9. The Morgan fingerprint density at radius 2 is 1.69 bits per heavy atom. The molecule has 9 heteroatoms. The molecule has 0 aromatic rings. The standard InChI is InChI=1S/C26H42O9/c1-12-21(32)25-8-5-15-23(2,3)16(35-22-19(31)18(30)17(29)14(10-27)34-22)6-7-24(15,4)20(25)13(28)9-26(12,33)11-25/h13-22,27-33H,1,5-11H2,2-4H3/t13-,14+,15+,16+,17+,18-,19+,20-,21-,22-,24+,25+,26-/m0/s1. The van der Waals surface area contributed by atoms with Crippen LogP contribution in [0.25, 0.3) is 0 Å². The first-order valence-corrected chi connectivity index (χ1v) is 13.0. The molecule has 1 aliphatic heterocycles. The van der Waals surface area contributed by atoms with Gasteiger partial charge in [0.1, 0.15) is 24.4 Å². The fourth-order valence-electron chi connectivity index (χ4n) is 9.30. The van der Waals surface area contributed by atoms with Gasteiger partial charge in [-0.05, 0) is 60.3 Å². The monoisotopic (exact) mass is 498 g/mol. The molecule has 9 nitrogen and oxygen atoms in total. The summed E-state index contributed by atoms with van der Waals surface area (Å²) in [4.78, 5) is 0. The van der Waals surface area contributed by atoms with E-state index in [4.69, 9.17) is 9.47 Å². The molecule has 5 rings (SSSR count). The van der Waals surface area contributed by atoms with E-state index in [2.05, 4.69) is 27.4 Å². The van der Waals surface area contributed by atoms with Gasteiger partial charge in [-0.1, -0.05) is 27.4 Å². The molecule has 2 bridgehead atoms. The van der Waals surface area contributed by atoms with Crippen LogP contribution in [-0.2, 0) is 9.47 Å². The zero-order valence-electron chi connectivity index (χ0n) is 20.9. The lowest BCUT2D eigenvalue weighted by Crippen LogP contribution is -2.66. The van der Waals surface area contributed by atoms with Crippen LogP contribution in [0, 0.1) is 28.1 Å². The van der Waals surface area contributed by atoms with Gasteiger partial charge in [-0.15, -0.1) is 0 Å². The van der Waals surface area contributed by atoms with Gasteiger partial charge in [-0.25, -0.2) is 0 Å². The summed E-state index contributed by atoms with van der Waals surface area (Å²) in [6.45, 7) is 9.90. The Morgan fingerprint density at radius 1 is 1.00 bits per heavy atom. The number of rotatable bonds is 3. The first-order chi connectivity index (χ1) is 16.2. The number of ether oxygens (including phenoxy) is 2. The van der Waals surface area contributed by atoms with Gasteiger partial charge in [-0.3, -0.25) is 0 Å². The maximum absolute atomic E-state index is 11.4. The molecule has 0 aromatic carbocycles. The normalized spacial score (nSPS) is 57.5. The van der Waals surface area contributed by atoms with Crippen LogP contribution in [0.2, 0.25) is 0 Å². The van der Waals surface area contributed by atoms with E-state index in [1.807, 2.05) is 0 Å². The van der Waals surface area contributed by atoms with E-state index in [0.717, 1.165) is 6.42 Å². The molecule has 4 saturated carbocycles. The van der Waals surface area contributed by atoms with Crippen LogP contribution in [0.4, 0.5) is 0 Å². The molecule has 35 heavy (non-hydrogen) atoms. The Balaban J connectivity index is 1.41. The highest BCUT2D eigenvalue weighted by Gasteiger charge is 2.72. The first kappa shape index (κ1) is 26.0. The summed E-state index contributed by atoms with van der Waals surface area (Å²) in [5.41, 5.74) is -2.11. The van der Waals surface area contributed by atoms with Gasteiger partial charge in [0, 0.05) is 11.8 Å². The Bertz CT molecular complexity index is 862. The summed E-state index contributed by atoms with van der Waals surface area (Å²) in [5.74, 6) is -0.0769. The Morgan fingerprint density at radius 3 is 2.34 bits per heavy atom. The Kier molecular flexibility index (Phi) is 6.08. The molecule has 5 fully saturated rings. The van der Waals surface area contributed by atoms with Crippen molar-refractivity contribution in [3.8, 4) is 0 Å². The minimum absolute atomic E-state index is 0.121. The molecule has 1 spiro atoms. The van der Waals surface area contributed by atoms with Crippen LogP contribution in [0.5, 0.6) is 0 Å². The van der Waals surface area contributed by atoms with Crippen molar-refractivity contribution in [2.24, 2.45) is 28.1 Å². The average Bonchev–Trinajstić information content (AvgIpc) is 2.92. The fraction of sp³-hybridized carbons (Fsp3) is 0.923. The largest absolute Gasteiger partial charge is 0.394 e. The van der Waals surface area contributed by atoms with E-state index in [0.29, 0.717) is 31.3 Å². The number of hydrogen-bond donors (Lipinski definition) is 7. The predicted octanol–water partition coefficient (Wildman–Crippen LogP) is -0.173. The second-order valence-electron chi connectivity index (χ2n) is 12.9. The predicted molar refractivity (Wildman–Crippen MR) is 124 cm³/mol. The molecule has 1 saturated heterocycles. The van der Waals surface area contributed by atoms with Crippen molar-refractivity contribution in [1.82, 2.24) is 0 Å². The first-order valence-electron chi connectivity index (χ1n) is 13.0. The Labute approximate surface area is 206 Å². The molecule has 5 aliphatic rings. The third-order valence-corrected chi connectivity index (χ3v) is 10.9. The number of aliphatic hydroxyl groups is 7. The van der Waals surface area contributed by atoms with Crippen molar-refractivity contribution >= 4 is 0 Å². The summed E-state index contributed by atoms with van der Waals surface area (Å²) in [6.07, 6.45) is -5.18. The lowest BCUT2D eigenvalue weighted by Gasteiger charge is -2.66. The van der Waals surface area contributed by atoms with Crippen molar-refractivity contribution < 1.29 is 45.2 Å². The highest BCUT2D eigenvalue weighted by molar-refractivity contribution is 5.35. The third kappa shape index (κ3) is 3.40. The molecule has 7 N–H and O–H groups in total. The van der Waals surface area contributed by atoms with E-state index >= 15 is 0 Å². The summed E-state index contributed by atoms with van der Waals surface area (Å²) < 4.78 is 11.9. The van der Waals surface area contributed by atoms with Gasteiger partial charge in [0.2, 0.25) is 0 Å². The highest BCUT2D eigenvalue weighted by atomic mass is 16.7. The van der Waals surface area contributed by atoms with Gasteiger partial charge in [-0.2, -0.15) is 0 Å². The van der Waals surface area contributed by atoms with E-state index in [9.17, 15) is 35.7 Å². The number of aliphatic hydroxyl groups excluding tert-OH is 6. The topological polar surface area (TPSA) is 160 Å². The van der Waals surface area contributed by atoms with Gasteiger partial charge >= 0.3 is 0 Å². The van der Waals surface area contributed by atoms with Crippen LogP contribution in [0.15, 0.2) is 12.2 Å². The Hall–Kier alpha value is -0.620. The van der Waals surface area contributed by atoms with Crippen molar-refractivity contribution in [2.75, 3.05) is 6.61 Å². The maximum Gasteiger partial charge on any atom is 0.186 e. The van der Waals surface area contributed by atoms with E-state index < -0.39 is 66.0 Å². The minimum Gasteiger partial charge on any atom is -0.394 e. The number of hydrogen-bond acceptors (Lipinski definition) is 9. The van der Waals surface area contributed by atoms with Crippen LogP contribution in [0.1, 0.15) is 59.3 Å². The lowest BCUT2D eigenvalue weighted by atomic mass is 9.40. The maximum atomic E-state index is 11.4. The molecule has 200 valence electrons. The molecule has 1 heterocycles. The minimum atomic E-state index is -1.49. The van der Waals surface area contributed by atoms with Gasteiger partial charge in [0.15, 0.2) is 6.29 Å². The average molecular weight is 499 g/mol. The van der Waals surface area contributed by atoms with Crippen LogP contribution >= 0.6 is 0 Å². The van der Waals surface area contributed by atoms with Gasteiger partial charge < -0.3 is 45.2 Å². The molecule has 13 atom stereocenters. The molecule has 4 aliphatic carbocycles. The van der Waals surface area contributed by atoms with Gasteiger partial charge in [0.25, 0.3) is 0 Å². The smallest absolute Gasteiger partial charge is 0.186 e. The summed E-state index contributed by atoms with van der Waals surface area (Å²) in [6, 6.07) is 0. The second kappa shape index (κ2) is 8.19. The molecule has 0 radical (unpaired) electrons. The van der Waals surface area contributed by atoms with Crippen molar-refractivity contribution in [1.29, 1.82) is 0 Å². The summed E-state index contributed by atoms with van der Waals surface area (Å²) in [7, 11) is 0. The van der Waals surface area contributed by atoms with Crippen molar-refractivity contribution in [2.45, 2.75) is 114 Å². The summed E-state index contributed by atoms with van der Waals surface area (Å²) in [5, 5.41) is 74.1. The molecule has 0 unspecified atom stereocenters. The fourth-order valence-corrected chi connectivity index (χ4v) is 9.30. The van der Waals surface area contributed by atoms with Crippen LogP contribution in [-0.4, -0.2) is 97.0 Å². The van der Waals surface area contributed by atoms with Crippen LogP contribution in [0.3, 0.4) is 0 Å². The summed E-state index contributed by atoms with van der Waals surface area (Å²) >= 11 is 0. The zero-order valence-corrected chi connectivity index (χ0v) is 20.9. The van der Waals surface area contributed by atoms with Crippen molar-refractivity contribution in [3.63, 3.8) is 0 Å². The SMILES string of the molecule is C=C1[C@H](O)[C@@]23CC[C@@H]4C(C)(C)[C@H](O[C@@H]5O[C@H](CO)[C@@H](O)[C@H](O)[C@H]5O)CC[C@@]4(C)[C@@H]2[C@@H](O)C[C@]1(O)C3.